The number of azide groups is 1. The molecule has 0 atom stereocenters. The first-order chi connectivity index (χ1) is 6.31. The molecule has 0 saturated carbocycles. The average molecular weight is 194 g/mol. The Morgan fingerprint density at radius 2 is 2.38 bits per heavy atom. The zero-order chi connectivity index (χ0) is 9.26. The quantitative estimate of drug-likeness (QED) is 0.421. The highest BCUT2D eigenvalue weighted by molar-refractivity contribution is 6.35. The molecule has 2 aromatic rings. The predicted molar refractivity (Wildman–Crippen MR) is 49.9 cm³/mol. The van der Waals surface area contributed by atoms with E-state index in [0.29, 0.717) is 10.7 Å². The third-order valence-electron chi connectivity index (χ3n) is 1.65. The van der Waals surface area contributed by atoms with Crippen molar-refractivity contribution in [2.75, 3.05) is 0 Å². The van der Waals surface area contributed by atoms with Gasteiger partial charge in [-0.1, -0.05) is 16.7 Å². The molecule has 64 valence electrons. The molecule has 5 nitrogen and oxygen atoms in total. The second-order valence-electron chi connectivity index (χ2n) is 2.45. The first-order valence-electron chi connectivity index (χ1n) is 3.49. The lowest BCUT2D eigenvalue weighted by Gasteiger charge is -1.94. The van der Waals surface area contributed by atoms with E-state index in [1.54, 1.807) is 18.3 Å². The van der Waals surface area contributed by atoms with Crippen LogP contribution in [0.3, 0.4) is 0 Å². The molecule has 0 bridgehead atoms. The van der Waals surface area contributed by atoms with Crippen LogP contribution >= 0.6 is 11.6 Å². The van der Waals surface area contributed by atoms with Crippen LogP contribution in [0.15, 0.2) is 23.4 Å². The Balaban J connectivity index is 2.76. The van der Waals surface area contributed by atoms with Crippen LogP contribution in [-0.2, 0) is 0 Å². The van der Waals surface area contributed by atoms with E-state index >= 15 is 0 Å². The van der Waals surface area contributed by atoms with Gasteiger partial charge in [0.15, 0.2) is 0 Å². The Morgan fingerprint density at radius 3 is 3.15 bits per heavy atom. The van der Waals surface area contributed by atoms with E-state index in [-0.39, 0.29) is 0 Å². The largest absolute Gasteiger partial charge is 0.278 e. The smallest absolute Gasteiger partial charge is 0.0669 e. The fourth-order valence-corrected chi connectivity index (χ4v) is 1.37. The van der Waals surface area contributed by atoms with Crippen molar-refractivity contribution in [1.29, 1.82) is 0 Å². The monoisotopic (exact) mass is 193 g/mol. The molecule has 1 aromatic carbocycles. The van der Waals surface area contributed by atoms with Crippen LogP contribution < -0.4 is 0 Å². The summed E-state index contributed by atoms with van der Waals surface area (Å²) < 4.78 is 0. The van der Waals surface area contributed by atoms with Gasteiger partial charge in [0, 0.05) is 16.0 Å². The summed E-state index contributed by atoms with van der Waals surface area (Å²) in [5.41, 5.74) is 9.46. The van der Waals surface area contributed by atoms with Crippen molar-refractivity contribution in [2.24, 2.45) is 5.11 Å². The molecular formula is C7H4ClN5. The maximum atomic E-state index is 8.22. The van der Waals surface area contributed by atoms with Gasteiger partial charge in [-0.3, -0.25) is 5.10 Å². The fourth-order valence-electron chi connectivity index (χ4n) is 1.10. The summed E-state index contributed by atoms with van der Waals surface area (Å²) >= 11 is 5.90. The van der Waals surface area contributed by atoms with Gasteiger partial charge in [0.2, 0.25) is 0 Å². The highest BCUT2D eigenvalue weighted by atomic mass is 35.5. The van der Waals surface area contributed by atoms with Crippen LogP contribution in [0.4, 0.5) is 5.69 Å². The molecule has 13 heavy (non-hydrogen) atoms. The fraction of sp³-hybridized carbons (Fsp3) is 0. The predicted octanol–water partition coefficient (Wildman–Crippen LogP) is 3.16. The van der Waals surface area contributed by atoms with E-state index in [9.17, 15) is 0 Å². The van der Waals surface area contributed by atoms with Crippen molar-refractivity contribution >= 4 is 28.2 Å². The standard InChI is InChI=1S/C7H4ClN5/c8-6-1-4(11-13-9)2-7-5(6)3-10-12-7/h1-3H,(H,10,12). The summed E-state index contributed by atoms with van der Waals surface area (Å²) in [5, 5.41) is 11.3. The average Bonchev–Trinajstić information content (AvgIpc) is 2.53. The molecule has 1 aromatic heterocycles. The van der Waals surface area contributed by atoms with E-state index < -0.39 is 0 Å². The van der Waals surface area contributed by atoms with Crippen molar-refractivity contribution in [3.8, 4) is 0 Å². The van der Waals surface area contributed by atoms with Gasteiger partial charge in [-0.05, 0) is 17.7 Å². The third-order valence-corrected chi connectivity index (χ3v) is 1.97. The minimum absolute atomic E-state index is 0.476. The number of benzene rings is 1. The van der Waals surface area contributed by atoms with Crippen LogP contribution in [0.2, 0.25) is 5.02 Å². The normalized spacial score (nSPS) is 9.92. The summed E-state index contributed by atoms with van der Waals surface area (Å²) in [6, 6.07) is 3.28. The number of aromatic amines is 1. The van der Waals surface area contributed by atoms with Crippen LogP contribution in [0, 0.1) is 0 Å². The van der Waals surface area contributed by atoms with Gasteiger partial charge in [-0.15, -0.1) is 0 Å². The molecule has 0 amide bonds. The number of hydrogen-bond acceptors (Lipinski definition) is 2. The lowest BCUT2D eigenvalue weighted by Crippen LogP contribution is -1.70. The maximum Gasteiger partial charge on any atom is 0.0669 e. The maximum absolute atomic E-state index is 8.22. The Morgan fingerprint density at radius 1 is 1.54 bits per heavy atom. The lowest BCUT2D eigenvalue weighted by molar-refractivity contribution is 1.12. The van der Waals surface area contributed by atoms with Crippen LogP contribution in [0.1, 0.15) is 0 Å². The number of rotatable bonds is 1. The topological polar surface area (TPSA) is 77.4 Å². The molecule has 0 spiro atoms. The molecule has 2 rings (SSSR count). The van der Waals surface area contributed by atoms with Crippen LogP contribution in [0.25, 0.3) is 21.3 Å². The first-order valence-corrected chi connectivity index (χ1v) is 3.87. The highest BCUT2D eigenvalue weighted by Gasteiger charge is 2.02. The molecule has 1 N–H and O–H groups in total. The van der Waals surface area contributed by atoms with Gasteiger partial charge in [-0.25, -0.2) is 0 Å². The lowest BCUT2D eigenvalue weighted by atomic mass is 10.2. The van der Waals surface area contributed by atoms with Gasteiger partial charge in [-0.2, -0.15) is 5.10 Å². The number of nitrogens with one attached hydrogen (secondary N) is 1. The van der Waals surface area contributed by atoms with Crippen molar-refractivity contribution < 1.29 is 0 Å². The molecule has 0 radical (unpaired) electrons. The Labute approximate surface area is 77.9 Å². The van der Waals surface area contributed by atoms with Crippen LogP contribution in [-0.4, -0.2) is 10.2 Å². The summed E-state index contributed by atoms with van der Waals surface area (Å²) in [6.45, 7) is 0. The summed E-state index contributed by atoms with van der Waals surface area (Å²) in [5.74, 6) is 0. The molecule has 0 fully saturated rings. The minimum atomic E-state index is 0.476. The van der Waals surface area contributed by atoms with E-state index in [0.717, 1.165) is 10.9 Å². The van der Waals surface area contributed by atoms with E-state index in [1.165, 1.54) is 0 Å². The first kappa shape index (κ1) is 7.91. The summed E-state index contributed by atoms with van der Waals surface area (Å²) in [4.78, 5) is 2.67. The molecule has 1 heterocycles. The number of fused-ring (bicyclic) bond motifs is 1. The van der Waals surface area contributed by atoms with Crippen LogP contribution in [0.5, 0.6) is 0 Å². The molecular weight excluding hydrogens is 190 g/mol. The Kier molecular flexibility index (Phi) is 1.81. The van der Waals surface area contributed by atoms with Crippen molar-refractivity contribution in [3.05, 3.63) is 33.8 Å². The summed E-state index contributed by atoms with van der Waals surface area (Å²) in [6.07, 6.45) is 1.62. The number of nitrogens with zero attached hydrogens (tertiary/aromatic N) is 4. The molecule has 0 aliphatic rings. The van der Waals surface area contributed by atoms with E-state index in [4.69, 9.17) is 17.1 Å². The van der Waals surface area contributed by atoms with Gasteiger partial charge in [0.1, 0.15) is 0 Å². The zero-order valence-electron chi connectivity index (χ0n) is 6.40. The number of H-pyrrole nitrogens is 1. The minimum Gasteiger partial charge on any atom is -0.278 e. The molecule has 0 unspecified atom stereocenters. The van der Waals surface area contributed by atoms with Gasteiger partial charge >= 0.3 is 0 Å². The van der Waals surface area contributed by atoms with Gasteiger partial charge in [0.05, 0.1) is 16.7 Å². The molecule has 0 aliphatic heterocycles. The van der Waals surface area contributed by atoms with E-state index in [2.05, 4.69) is 20.2 Å². The van der Waals surface area contributed by atoms with Gasteiger partial charge in [0.25, 0.3) is 0 Å². The Hall–Kier alpha value is -1.71. The van der Waals surface area contributed by atoms with Crippen molar-refractivity contribution in [1.82, 2.24) is 10.2 Å². The number of hydrogen-bond donors (Lipinski definition) is 1. The molecule has 0 saturated heterocycles. The Bertz CT molecular complexity index is 497. The van der Waals surface area contributed by atoms with Gasteiger partial charge < -0.3 is 0 Å². The number of aromatic nitrogens is 2. The summed E-state index contributed by atoms with van der Waals surface area (Å²) in [7, 11) is 0. The third kappa shape index (κ3) is 1.30. The second kappa shape index (κ2) is 2.97. The van der Waals surface area contributed by atoms with Crippen molar-refractivity contribution in [2.45, 2.75) is 0 Å². The van der Waals surface area contributed by atoms with Crippen molar-refractivity contribution in [3.63, 3.8) is 0 Å². The zero-order valence-corrected chi connectivity index (χ0v) is 7.15. The molecule has 6 heteroatoms. The SMILES string of the molecule is [N-]=[N+]=Nc1cc(Cl)c2cn[nH]c2c1. The highest BCUT2D eigenvalue weighted by Crippen LogP contribution is 2.27. The second-order valence-corrected chi connectivity index (χ2v) is 2.86. The molecule has 0 aliphatic carbocycles. The van der Waals surface area contributed by atoms with E-state index in [1.807, 2.05) is 0 Å². The number of halogens is 1.